The first-order chi connectivity index (χ1) is 31.2. The van der Waals surface area contributed by atoms with Crippen molar-refractivity contribution < 1.29 is 38.7 Å². The molecule has 0 aliphatic heterocycles. The average molecular weight is 890 g/mol. The number of allylic oxidation sites excluding steroid dienone is 2. The molecular weight excluding hydrogens is 843 g/mol. The van der Waals surface area contributed by atoms with Crippen LogP contribution in [0.5, 0.6) is 5.75 Å². The fraction of sp³-hybridized carbons (Fsp3) is 0.310. The van der Waals surface area contributed by atoms with E-state index in [4.69, 9.17) is 31.3 Å². The van der Waals surface area contributed by atoms with Gasteiger partial charge in [0, 0.05) is 68.5 Å². The molecule has 7 N–H and O–H groups in total. The van der Waals surface area contributed by atoms with Gasteiger partial charge in [-0.2, -0.15) is 15.7 Å². The van der Waals surface area contributed by atoms with E-state index in [1.54, 1.807) is 53.1 Å². The van der Waals surface area contributed by atoms with E-state index < -0.39 is 36.3 Å². The number of carbonyl (C=O) groups excluding carboxylic acids is 4. The fourth-order valence-electron chi connectivity index (χ4n) is 7.27. The van der Waals surface area contributed by atoms with Crippen LogP contribution >= 0.6 is 0 Å². The van der Waals surface area contributed by atoms with Crippen LogP contribution in [0.3, 0.4) is 0 Å². The summed E-state index contributed by atoms with van der Waals surface area (Å²) in [7, 11) is 1.55. The van der Waals surface area contributed by atoms with Crippen LogP contribution < -0.4 is 27.0 Å². The topological polar surface area (TPSA) is 300 Å². The number of imidazole rings is 1. The highest BCUT2D eigenvalue weighted by Gasteiger charge is 2.23. The summed E-state index contributed by atoms with van der Waals surface area (Å²) in [5, 5.41) is 21.8. The quantitative estimate of drug-likeness (QED) is 0.0443. The van der Waals surface area contributed by atoms with Crippen LogP contribution in [0.2, 0.25) is 0 Å². The number of ether oxygens (including phenoxy) is 1. The number of aromatic nitrogens is 10. The van der Waals surface area contributed by atoms with Gasteiger partial charge in [-0.1, -0.05) is 12.2 Å². The SMILES string of the molecule is CCn1nc(C)cc1C(=O)Nc1nc2cc(C(N)=O)cnc2n1C/C=C/Cn1c2nc(-c3cc(C)nn3CC)ncc2c2cc(C(N)=O)cc(OCCCN(C)C(=O)CONC(=O)O)c21. The van der Waals surface area contributed by atoms with Gasteiger partial charge in [0.1, 0.15) is 28.3 Å². The number of carboxylic acid groups (broad SMARTS) is 1. The van der Waals surface area contributed by atoms with E-state index in [-0.39, 0.29) is 43.3 Å². The van der Waals surface area contributed by atoms with Crippen molar-refractivity contribution in [3.05, 3.63) is 83.1 Å². The van der Waals surface area contributed by atoms with Crippen LogP contribution in [0.1, 0.15) is 62.9 Å². The van der Waals surface area contributed by atoms with Crippen molar-refractivity contribution in [3.63, 3.8) is 0 Å². The first-order valence-electron chi connectivity index (χ1n) is 20.5. The lowest BCUT2D eigenvalue weighted by Gasteiger charge is -2.17. The molecule has 23 heteroatoms. The van der Waals surface area contributed by atoms with Crippen LogP contribution in [-0.4, -0.2) is 115 Å². The second-order valence-corrected chi connectivity index (χ2v) is 14.9. The zero-order valence-corrected chi connectivity index (χ0v) is 36.2. The molecule has 0 atom stereocenters. The van der Waals surface area contributed by atoms with Crippen LogP contribution in [0.25, 0.3) is 44.6 Å². The van der Waals surface area contributed by atoms with Gasteiger partial charge in [-0.15, -0.1) is 0 Å². The van der Waals surface area contributed by atoms with Crippen LogP contribution in [0.15, 0.2) is 54.9 Å². The lowest BCUT2D eigenvalue weighted by Crippen LogP contribution is -2.34. The molecule has 0 saturated heterocycles. The predicted molar refractivity (Wildman–Crippen MR) is 236 cm³/mol. The van der Waals surface area contributed by atoms with Gasteiger partial charge < -0.3 is 30.8 Å². The Bertz CT molecular complexity index is 3020. The average Bonchev–Trinajstić information content (AvgIpc) is 4.03. The number of fused-ring (bicyclic) bond motifs is 4. The summed E-state index contributed by atoms with van der Waals surface area (Å²) in [6.07, 6.45) is 5.71. The summed E-state index contributed by atoms with van der Waals surface area (Å²) in [5.41, 5.74) is 17.8. The first kappa shape index (κ1) is 44.8. The van der Waals surface area contributed by atoms with Crippen LogP contribution in [-0.2, 0) is 35.8 Å². The molecule has 7 rings (SSSR count). The van der Waals surface area contributed by atoms with Gasteiger partial charge in [-0.05, 0) is 64.4 Å². The maximum atomic E-state index is 13.6. The van der Waals surface area contributed by atoms with Crippen LogP contribution in [0.4, 0.5) is 10.7 Å². The largest absolute Gasteiger partial charge is 0.491 e. The number of benzene rings is 1. The van der Waals surface area contributed by atoms with Crippen molar-refractivity contribution in [1.82, 2.24) is 59.0 Å². The Morgan fingerprint density at radius 3 is 2.25 bits per heavy atom. The minimum absolute atomic E-state index is 0.109. The molecule has 1 aromatic carbocycles. The number of rotatable bonds is 19. The summed E-state index contributed by atoms with van der Waals surface area (Å²) >= 11 is 0. The Balaban J connectivity index is 1.25. The van der Waals surface area contributed by atoms with E-state index in [0.717, 1.165) is 5.69 Å². The Morgan fingerprint density at radius 1 is 0.831 bits per heavy atom. The molecule has 6 heterocycles. The Labute approximate surface area is 370 Å². The second-order valence-electron chi connectivity index (χ2n) is 14.9. The third-order valence-corrected chi connectivity index (χ3v) is 10.3. The predicted octanol–water partition coefficient (Wildman–Crippen LogP) is 3.18. The molecule has 5 amide bonds. The number of nitrogens with zero attached hydrogens (tertiary/aromatic N) is 11. The number of pyridine rings is 1. The summed E-state index contributed by atoms with van der Waals surface area (Å²) in [6, 6.07) is 8.31. The number of nitrogens with two attached hydrogens (primary N) is 2. The number of nitrogens with one attached hydrogen (secondary N) is 2. The third kappa shape index (κ3) is 9.58. The summed E-state index contributed by atoms with van der Waals surface area (Å²) < 4.78 is 13.4. The maximum Gasteiger partial charge on any atom is 0.428 e. The highest BCUT2D eigenvalue weighted by Crippen LogP contribution is 2.36. The van der Waals surface area contributed by atoms with Crippen molar-refractivity contribution in [3.8, 4) is 17.3 Å². The number of primary amides is 2. The van der Waals surface area contributed by atoms with Crippen molar-refractivity contribution >= 4 is 68.8 Å². The van der Waals surface area contributed by atoms with Gasteiger partial charge in [0.25, 0.3) is 11.8 Å². The number of hydroxylamine groups is 1. The number of anilines is 1. The minimum atomic E-state index is -1.43. The van der Waals surface area contributed by atoms with Gasteiger partial charge in [0.05, 0.1) is 29.1 Å². The van der Waals surface area contributed by atoms with Crippen molar-refractivity contribution in [2.24, 2.45) is 11.5 Å². The highest BCUT2D eigenvalue weighted by atomic mass is 16.7. The molecule has 0 fully saturated rings. The summed E-state index contributed by atoms with van der Waals surface area (Å²) in [4.78, 5) is 86.4. The zero-order chi connectivity index (χ0) is 46.5. The molecule has 0 saturated carbocycles. The Morgan fingerprint density at radius 2 is 1.54 bits per heavy atom. The van der Waals surface area contributed by atoms with E-state index in [9.17, 15) is 24.0 Å². The van der Waals surface area contributed by atoms with Crippen LogP contribution in [0, 0.1) is 13.8 Å². The van der Waals surface area contributed by atoms with Gasteiger partial charge in [-0.25, -0.2) is 24.7 Å². The third-order valence-electron chi connectivity index (χ3n) is 10.3. The molecule has 65 heavy (non-hydrogen) atoms. The van der Waals surface area contributed by atoms with Crippen molar-refractivity contribution in [2.75, 3.05) is 32.1 Å². The molecule has 0 aliphatic rings. The Kier molecular flexibility index (Phi) is 13.1. The van der Waals surface area contributed by atoms with Crippen molar-refractivity contribution in [2.45, 2.75) is 60.3 Å². The van der Waals surface area contributed by atoms with Gasteiger partial charge in [-0.3, -0.25) is 43.3 Å². The highest BCUT2D eigenvalue weighted by molar-refractivity contribution is 6.12. The molecule has 6 aromatic heterocycles. The molecule has 23 nitrogen and oxygen atoms in total. The number of amides is 5. The number of aryl methyl sites for hydroxylation is 4. The fourth-order valence-corrected chi connectivity index (χ4v) is 7.27. The van der Waals surface area contributed by atoms with Gasteiger partial charge in [0.2, 0.25) is 17.8 Å². The van der Waals surface area contributed by atoms with Gasteiger partial charge >= 0.3 is 6.09 Å². The maximum absolute atomic E-state index is 13.6. The zero-order valence-electron chi connectivity index (χ0n) is 36.2. The van der Waals surface area contributed by atoms with E-state index in [1.807, 2.05) is 48.2 Å². The molecule has 0 spiro atoms. The monoisotopic (exact) mass is 889 g/mol. The lowest BCUT2D eigenvalue weighted by atomic mass is 10.1. The first-order valence-corrected chi connectivity index (χ1v) is 20.5. The minimum Gasteiger partial charge on any atom is -0.491 e. The van der Waals surface area contributed by atoms with Gasteiger partial charge in [0.15, 0.2) is 18.1 Å². The number of likely N-dealkylation sites (N-methyl/N-ethyl adjacent to an activating group) is 1. The number of carbonyl (C=O) groups is 5. The Hall–Kier alpha value is -8.21. The molecule has 7 aromatic rings. The molecule has 0 aliphatic carbocycles. The molecule has 0 radical (unpaired) electrons. The lowest BCUT2D eigenvalue weighted by molar-refractivity contribution is -0.136. The second kappa shape index (κ2) is 19.0. The van der Waals surface area contributed by atoms with E-state index in [0.29, 0.717) is 81.3 Å². The molecule has 338 valence electrons. The van der Waals surface area contributed by atoms with E-state index >= 15 is 0 Å². The molecule has 0 bridgehead atoms. The van der Waals surface area contributed by atoms with Crippen molar-refractivity contribution in [1.29, 1.82) is 0 Å². The number of hydrogen-bond acceptors (Lipinski definition) is 13. The number of hydrogen-bond donors (Lipinski definition) is 5. The van der Waals surface area contributed by atoms with E-state index in [1.165, 1.54) is 17.2 Å². The smallest absolute Gasteiger partial charge is 0.428 e. The summed E-state index contributed by atoms with van der Waals surface area (Å²) in [6.45, 7) is 8.82. The van der Waals surface area contributed by atoms with E-state index in [2.05, 4.69) is 30.3 Å². The summed E-state index contributed by atoms with van der Waals surface area (Å²) in [5.74, 6) is -1.34. The molecule has 0 unspecified atom stereocenters. The normalized spacial score (nSPS) is 11.5. The molecular formula is C42H47N15O8. The standard InChI is InChI=1S/C42H47N15O8/c1-6-56-30(15-23(3)50-56)37-45-21-28-27-17-25(35(43)59)19-32(64-14-10-11-53(5)33(58)22-65-52-42(62)63)34(27)54(38(28)48-37)12-8-9-13-55-39-29(18-26(20-46-39)36(44)60)47-41(55)49-40(61)31-16-24(4)51-57(31)7-2/h8-9,15-21,52H,6-7,10-14,22H2,1-5H3,(H2,43,59)(H2,44,60)(H,62,63)(H,47,49,61)/b9-8+.